The number of amides is 1. The summed E-state index contributed by atoms with van der Waals surface area (Å²) in [6, 6.07) is 0.458. The van der Waals surface area contributed by atoms with Crippen LogP contribution in [0.1, 0.15) is 44.9 Å². The number of hydrogen-bond acceptors (Lipinski definition) is 2. The van der Waals surface area contributed by atoms with E-state index >= 15 is 0 Å². The summed E-state index contributed by atoms with van der Waals surface area (Å²) in [5.41, 5.74) is 0. The highest BCUT2D eigenvalue weighted by molar-refractivity contribution is 5.80. The number of rotatable bonds is 4. The summed E-state index contributed by atoms with van der Waals surface area (Å²) in [6.45, 7) is 0.882. The molecule has 0 aromatic rings. The van der Waals surface area contributed by atoms with Crippen LogP contribution in [0.4, 0.5) is 0 Å². The van der Waals surface area contributed by atoms with Crippen LogP contribution in [0.25, 0.3) is 0 Å². The van der Waals surface area contributed by atoms with Gasteiger partial charge in [-0.3, -0.25) is 9.59 Å². The van der Waals surface area contributed by atoms with Crippen molar-refractivity contribution in [2.45, 2.75) is 51.0 Å². The Morgan fingerprint density at radius 1 is 1.31 bits per heavy atom. The highest BCUT2D eigenvalue weighted by Crippen LogP contribution is 2.31. The third kappa shape index (κ3) is 2.36. The van der Waals surface area contributed by atoms with Gasteiger partial charge in [0, 0.05) is 24.9 Å². The molecule has 1 aliphatic carbocycles. The van der Waals surface area contributed by atoms with Crippen LogP contribution in [0.5, 0.6) is 0 Å². The normalized spacial score (nSPS) is 26.6. The number of carbonyl (C=O) groups is 2. The minimum absolute atomic E-state index is 0.0366. The number of carbonyl (C=O) groups excluding carboxylic acids is 1. The molecule has 0 aromatic heterocycles. The van der Waals surface area contributed by atoms with Crippen molar-refractivity contribution < 1.29 is 14.7 Å². The first-order valence-electron chi connectivity index (χ1n) is 6.21. The molecule has 1 aliphatic heterocycles. The van der Waals surface area contributed by atoms with E-state index in [0.717, 1.165) is 32.2 Å². The molecule has 1 atom stereocenters. The summed E-state index contributed by atoms with van der Waals surface area (Å²) in [5, 5.41) is 8.64. The van der Waals surface area contributed by atoms with Crippen LogP contribution in [0.2, 0.25) is 0 Å². The molecule has 2 aliphatic rings. The number of aliphatic carboxylic acids is 1. The number of nitrogens with zero attached hydrogens (tertiary/aromatic N) is 1. The largest absolute Gasteiger partial charge is 0.481 e. The second-order valence-corrected chi connectivity index (χ2v) is 4.89. The Labute approximate surface area is 95.6 Å². The first-order chi connectivity index (χ1) is 7.68. The number of carboxylic acids is 1. The standard InChI is InChI=1S/C12H19NO3/c14-11(15)7-6-9-3-2-8-13(12(9)16)10-4-1-5-10/h9-10H,1-8H2,(H,14,15). The van der Waals surface area contributed by atoms with E-state index in [9.17, 15) is 9.59 Å². The van der Waals surface area contributed by atoms with Crippen molar-refractivity contribution >= 4 is 11.9 Å². The van der Waals surface area contributed by atoms with Gasteiger partial charge in [0.25, 0.3) is 0 Å². The Morgan fingerprint density at radius 2 is 2.06 bits per heavy atom. The Morgan fingerprint density at radius 3 is 2.62 bits per heavy atom. The van der Waals surface area contributed by atoms with Gasteiger partial charge in [0.1, 0.15) is 0 Å². The molecule has 0 radical (unpaired) electrons. The van der Waals surface area contributed by atoms with Crippen LogP contribution in [0.3, 0.4) is 0 Å². The predicted molar refractivity (Wildman–Crippen MR) is 58.9 cm³/mol. The molecule has 1 heterocycles. The molecule has 1 unspecified atom stereocenters. The molecule has 4 nitrogen and oxygen atoms in total. The fourth-order valence-electron chi connectivity index (χ4n) is 2.60. The fraction of sp³-hybridized carbons (Fsp3) is 0.833. The second kappa shape index (κ2) is 4.85. The zero-order chi connectivity index (χ0) is 11.5. The van der Waals surface area contributed by atoms with Crippen LogP contribution in [0, 0.1) is 5.92 Å². The van der Waals surface area contributed by atoms with E-state index in [2.05, 4.69) is 0 Å². The minimum Gasteiger partial charge on any atom is -0.481 e. The van der Waals surface area contributed by atoms with Gasteiger partial charge in [-0.1, -0.05) is 0 Å². The van der Waals surface area contributed by atoms with Crippen LogP contribution >= 0.6 is 0 Å². The Balaban J connectivity index is 1.88. The molecular formula is C12H19NO3. The van der Waals surface area contributed by atoms with Crippen molar-refractivity contribution in [3.63, 3.8) is 0 Å². The van der Waals surface area contributed by atoms with Gasteiger partial charge in [-0.25, -0.2) is 0 Å². The predicted octanol–water partition coefficient (Wildman–Crippen LogP) is 1.64. The van der Waals surface area contributed by atoms with Crippen LogP contribution in [-0.2, 0) is 9.59 Å². The molecule has 16 heavy (non-hydrogen) atoms. The molecule has 0 bridgehead atoms. The third-order valence-electron chi connectivity index (χ3n) is 3.81. The van der Waals surface area contributed by atoms with Crippen molar-refractivity contribution in [3.8, 4) is 0 Å². The minimum atomic E-state index is -0.798. The summed E-state index contributed by atoms with van der Waals surface area (Å²) in [4.78, 5) is 24.6. The van der Waals surface area contributed by atoms with Crippen LogP contribution in [-0.4, -0.2) is 34.5 Å². The smallest absolute Gasteiger partial charge is 0.303 e. The van der Waals surface area contributed by atoms with E-state index in [1.54, 1.807) is 0 Å². The zero-order valence-electron chi connectivity index (χ0n) is 9.52. The molecule has 2 rings (SSSR count). The number of carboxylic acid groups (broad SMARTS) is 1. The monoisotopic (exact) mass is 225 g/mol. The molecule has 1 saturated carbocycles. The average Bonchev–Trinajstić information content (AvgIpc) is 2.16. The molecular weight excluding hydrogens is 206 g/mol. The van der Waals surface area contributed by atoms with E-state index in [4.69, 9.17) is 5.11 Å². The first kappa shape index (κ1) is 11.4. The van der Waals surface area contributed by atoms with Gasteiger partial charge in [0.05, 0.1) is 0 Å². The maximum Gasteiger partial charge on any atom is 0.303 e. The average molecular weight is 225 g/mol. The summed E-state index contributed by atoms with van der Waals surface area (Å²) < 4.78 is 0. The Hall–Kier alpha value is -1.06. The molecule has 1 amide bonds. The van der Waals surface area contributed by atoms with E-state index in [-0.39, 0.29) is 18.2 Å². The molecule has 1 saturated heterocycles. The van der Waals surface area contributed by atoms with E-state index < -0.39 is 5.97 Å². The van der Waals surface area contributed by atoms with Gasteiger partial charge in [-0.2, -0.15) is 0 Å². The molecule has 2 fully saturated rings. The van der Waals surface area contributed by atoms with Gasteiger partial charge >= 0.3 is 5.97 Å². The second-order valence-electron chi connectivity index (χ2n) is 4.89. The molecule has 1 N–H and O–H groups in total. The van der Waals surface area contributed by atoms with Crippen molar-refractivity contribution in [1.29, 1.82) is 0 Å². The maximum atomic E-state index is 12.1. The highest BCUT2D eigenvalue weighted by Gasteiger charge is 2.35. The summed E-state index contributed by atoms with van der Waals surface area (Å²) in [7, 11) is 0. The summed E-state index contributed by atoms with van der Waals surface area (Å²) >= 11 is 0. The van der Waals surface area contributed by atoms with Crippen molar-refractivity contribution in [3.05, 3.63) is 0 Å². The first-order valence-corrected chi connectivity index (χ1v) is 6.21. The Bertz CT molecular complexity index is 286. The lowest BCUT2D eigenvalue weighted by Gasteiger charge is -2.42. The number of piperidine rings is 1. The van der Waals surface area contributed by atoms with E-state index in [0.29, 0.717) is 12.5 Å². The highest BCUT2D eigenvalue weighted by atomic mass is 16.4. The number of likely N-dealkylation sites (tertiary alicyclic amines) is 1. The third-order valence-corrected chi connectivity index (χ3v) is 3.81. The van der Waals surface area contributed by atoms with Gasteiger partial charge < -0.3 is 10.0 Å². The van der Waals surface area contributed by atoms with Gasteiger partial charge in [-0.05, 0) is 38.5 Å². The van der Waals surface area contributed by atoms with E-state index in [1.165, 1.54) is 6.42 Å². The van der Waals surface area contributed by atoms with Crippen molar-refractivity contribution in [2.75, 3.05) is 6.54 Å². The lowest BCUT2D eigenvalue weighted by Crippen LogP contribution is -2.49. The van der Waals surface area contributed by atoms with Crippen LogP contribution in [0.15, 0.2) is 0 Å². The van der Waals surface area contributed by atoms with Crippen LogP contribution < -0.4 is 0 Å². The van der Waals surface area contributed by atoms with Gasteiger partial charge in [0.15, 0.2) is 0 Å². The molecule has 4 heteroatoms. The number of hydrogen-bond donors (Lipinski definition) is 1. The lowest BCUT2D eigenvalue weighted by molar-refractivity contribution is -0.144. The van der Waals surface area contributed by atoms with Crippen molar-refractivity contribution in [1.82, 2.24) is 4.90 Å². The summed E-state index contributed by atoms with van der Waals surface area (Å²) in [6.07, 6.45) is 6.04. The molecule has 0 spiro atoms. The van der Waals surface area contributed by atoms with Crippen molar-refractivity contribution in [2.24, 2.45) is 5.92 Å². The summed E-state index contributed by atoms with van der Waals surface area (Å²) in [5.74, 6) is -0.629. The molecule has 0 aromatic carbocycles. The van der Waals surface area contributed by atoms with Gasteiger partial charge in [-0.15, -0.1) is 0 Å². The quantitative estimate of drug-likeness (QED) is 0.791. The topological polar surface area (TPSA) is 57.6 Å². The Kier molecular flexibility index (Phi) is 3.46. The van der Waals surface area contributed by atoms with E-state index in [1.807, 2.05) is 4.90 Å². The lowest BCUT2D eigenvalue weighted by atomic mass is 9.86. The maximum absolute atomic E-state index is 12.1. The van der Waals surface area contributed by atoms with Gasteiger partial charge in [0.2, 0.25) is 5.91 Å². The zero-order valence-corrected chi connectivity index (χ0v) is 9.52. The fourth-order valence-corrected chi connectivity index (χ4v) is 2.60. The molecule has 90 valence electrons. The SMILES string of the molecule is O=C(O)CCC1CCCN(C2CCC2)C1=O.